The molecule has 2 heteroatoms. The summed E-state index contributed by atoms with van der Waals surface area (Å²) in [6.07, 6.45) is 8.43. The molecule has 1 aliphatic carbocycles. The number of nitrogens with one attached hydrogen (secondary N) is 1. The Labute approximate surface area is 107 Å². The van der Waals surface area contributed by atoms with Gasteiger partial charge in [-0.2, -0.15) is 0 Å². The van der Waals surface area contributed by atoms with E-state index in [9.17, 15) is 0 Å². The Morgan fingerprint density at radius 1 is 1.12 bits per heavy atom. The van der Waals surface area contributed by atoms with Gasteiger partial charge < -0.3 is 5.32 Å². The molecule has 2 fully saturated rings. The molecule has 1 saturated carbocycles. The monoisotopic (exact) mass is 238 g/mol. The third-order valence-electron chi connectivity index (χ3n) is 5.16. The fourth-order valence-corrected chi connectivity index (χ4v) is 3.70. The summed E-state index contributed by atoms with van der Waals surface area (Å²) in [6, 6.07) is 1.55. The highest BCUT2D eigenvalue weighted by Gasteiger charge is 2.34. The summed E-state index contributed by atoms with van der Waals surface area (Å²) in [5, 5.41) is 3.57. The average Bonchev–Trinajstić information content (AvgIpc) is 2.39. The van der Waals surface area contributed by atoms with Gasteiger partial charge >= 0.3 is 0 Å². The van der Waals surface area contributed by atoms with Crippen LogP contribution in [0.5, 0.6) is 0 Å². The Balaban J connectivity index is 1.94. The molecule has 0 spiro atoms. The molecular formula is C15H30N2. The topological polar surface area (TPSA) is 15.3 Å². The molecule has 3 atom stereocenters. The van der Waals surface area contributed by atoms with E-state index in [0.29, 0.717) is 0 Å². The van der Waals surface area contributed by atoms with Gasteiger partial charge in [-0.25, -0.2) is 0 Å². The lowest BCUT2D eigenvalue weighted by molar-refractivity contribution is 0.0692. The lowest BCUT2D eigenvalue weighted by Gasteiger charge is -2.45. The van der Waals surface area contributed by atoms with E-state index in [0.717, 1.165) is 23.9 Å². The third-order valence-corrected chi connectivity index (χ3v) is 5.16. The first kappa shape index (κ1) is 13.4. The van der Waals surface area contributed by atoms with Crippen LogP contribution in [-0.2, 0) is 0 Å². The zero-order valence-corrected chi connectivity index (χ0v) is 11.9. The fraction of sp³-hybridized carbons (Fsp3) is 1.00. The van der Waals surface area contributed by atoms with Crippen LogP contribution in [0.25, 0.3) is 0 Å². The predicted octanol–water partition coefficient (Wildman–Crippen LogP) is 2.89. The van der Waals surface area contributed by atoms with Gasteiger partial charge in [0.1, 0.15) is 0 Å². The first-order valence-corrected chi connectivity index (χ1v) is 7.65. The van der Waals surface area contributed by atoms with Crippen LogP contribution in [0.1, 0.15) is 52.4 Å². The van der Waals surface area contributed by atoms with Crippen LogP contribution in [0.4, 0.5) is 0 Å². The van der Waals surface area contributed by atoms with Crippen LogP contribution in [-0.4, -0.2) is 37.1 Å². The molecule has 2 rings (SSSR count). The van der Waals surface area contributed by atoms with E-state index >= 15 is 0 Å². The van der Waals surface area contributed by atoms with Gasteiger partial charge in [-0.15, -0.1) is 0 Å². The standard InChI is InChI=1S/C15H30N2/c1-4-13-5-6-14(16-3)15(11-13)17-9-7-12(2)8-10-17/h12-16H,4-11H2,1-3H3. The molecule has 1 aliphatic heterocycles. The SMILES string of the molecule is CCC1CCC(NC)C(N2CCC(C)CC2)C1. The molecule has 0 amide bonds. The Morgan fingerprint density at radius 2 is 1.82 bits per heavy atom. The van der Waals surface area contributed by atoms with Crippen LogP contribution in [0, 0.1) is 11.8 Å². The lowest BCUT2D eigenvalue weighted by atomic mass is 9.79. The van der Waals surface area contributed by atoms with Gasteiger partial charge in [0.05, 0.1) is 0 Å². The fourth-order valence-electron chi connectivity index (χ4n) is 3.70. The Hall–Kier alpha value is -0.0800. The molecule has 2 nitrogen and oxygen atoms in total. The van der Waals surface area contributed by atoms with Crippen LogP contribution in [0.15, 0.2) is 0 Å². The van der Waals surface area contributed by atoms with Crippen molar-refractivity contribution in [3.05, 3.63) is 0 Å². The maximum Gasteiger partial charge on any atom is 0.0251 e. The van der Waals surface area contributed by atoms with Gasteiger partial charge in [0.25, 0.3) is 0 Å². The largest absolute Gasteiger partial charge is 0.315 e. The number of nitrogens with zero attached hydrogens (tertiary/aromatic N) is 1. The van der Waals surface area contributed by atoms with Crippen LogP contribution < -0.4 is 5.32 Å². The molecule has 0 radical (unpaired) electrons. The van der Waals surface area contributed by atoms with Crippen molar-refractivity contribution in [3.8, 4) is 0 Å². The molecule has 17 heavy (non-hydrogen) atoms. The molecular weight excluding hydrogens is 208 g/mol. The van der Waals surface area contributed by atoms with Crippen molar-refractivity contribution in [2.24, 2.45) is 11.8 Å². The van der Waals surface area contributed by atoms with E-state index in [1.54, 1.807) is 0 Å². The normalized spacial score (nSPS) is 37.2. The van der Waals surface area contributed by atoms with E-state index in [4.69, 9.17) is 0 Å². The summed E-state index contributed by atoms with van der Waals surface area (Å²) in [5.74, 6) is 1.92. The smallest absolute Gasteiger partial charge is 0.0251 e. The molecule has 100 valence electrons. The van der Waals surface area contributed by atoms with E-state index in [1.165, 1.54) is 51.6 Å². The third kappa shape index (κ3) is 3.23. The number of likely N-dealkylation sites (N-methyl/N-ethyl adjacent to an activating group) is 1. The molecule has 3 unspecified atom stereocenters. The van der Waals surface area contributed by atoms with Crippen molar-refractivity contribution in [2.45, 2.75) is 64.5 Å². The summed E-state index contributed by atoms with van der Waals surface area (Å²) in [6.45, 7) is 7.43. The molecule has 1 saturated heterocycles. The maximum absolute atomic E-state index is 3.57. The molecule has 1 heterocycles. The summed E-state index contributed by atoms with van der Waals surface area (Å²) in [5.41, 5.74) is 0. The summed E-state index contributed by atoms with van der Waals surface area (Å²) >= 11 is 0. The van der Waals surface area contributed by atoms with E-state index in [-0.39, 0.29) is 0 Å². The highest BCUT2D eigenvalue weighted by Crippen LogP contribution is 2.32. The van der Waals surface area contributed by atoms with E-state index in [2.05, 4.69) is 31.1 Å². The van der Waals surface area contributed by atoms with E-state index in [1.807, 2.05) is 0 Å². The Morgan fingerprint density at radius 3 is 2.41 bits per heavy atom. The Bertz CT molecular complexity index is 221. The average molecular weight is 238 g/mol. The lowest BCUT2D eigenvalue weighted by Crippen LogP contribution is -2.54. The van der Waals surface area contributed by atoms with Gasteiger partial charge in [-0.3, -0.25) is 4.90 Å². The molecule has 0 aromatic heterocycles. The van der Waals surface area contributed by atoms with Gasteiger partial charge in [0.2, 0.25) is 0 Å². The van der Waals surface area contributed by atoms with E-state index < -0.39 is 0 Å². The second kappa shape index (κ2) is 6.19. The van der Waals surface area contributed by atoms with Crippen molar-refractivity contribution in [3.63, 3.8) is 0 Å². The quantitative estimate of drug-likeness (QED) is 0.813. The Kier molecular flexibility index (Phi) is 4.87. The van der Waals surface area contributed by atoms with Crippen LogP contribution in [0.3, 0.4) is 0 Å². The minimum atomic E-state index is 0.742. The second-order valence-electron chi connectivity index (χ2n) is 6.27. The molecule has 0 bridgehead atoms. The molecule has 0 aromatic carbocycles. The highest BCUT2D eigenvalue weighted by molar-refractivity contribution is 4.91. The number of likely N-dealkylation sites (tertiary alicyclic amines) is 1. The van der Waals surface area contributed by atoms with Crippen molar-refractivity contribution >= 4 is 0 Å². The first-order chi connectivity index (χ1) is 8.24. The summed E-state index contributed by atoms with van der Waals surface area (Å²) < 4.78 is 0. The van der Waals surface area contributed by atoms with Gasteiger partial charge in [0, 0.05) is 12.1 Å². The van der Waals surface area contributed by atoms with Gasteiger partial charge in [-0.05, 0) is 64.1 Å². The molecule has 0 aromatic rings. The predicted molar refractivity (Wildman–Crippen MR) is 74.2 cm³/mol. The molecule has 1 N–H and O–H groups in total. The zero-order chi connectivity index (χ0) is 12.3. The number of rotatable bonds is 3. The zero-order valence-electron chi connectivity index (χ0n) is 11.9. The number of hydrogen-bond acceptors (Lipinski definition) is 2. The summed E-state index contributed by atoms with van der Waals surface area (Å²) in [7, 11) is 2.15. The van der Waals surface area contributed by atoms with Crippen molar-refractivity contribution < 1.29 is 0 Å². The van der Waals surface area contributed by atoms with Crippen LogP contribution in [0.2, 0.25) is 0 Å². The highest BCUT2D eigenvalue weighted by atomic mass is 15.2. The first-order valence-electron chi connectivity index (χ1n) is 7.65. The van der Waals surface area contributed by atoms with Gasteiger partial charge in [0.15, 0.2) is 0 Å². The minimum absolute atomic E-state index is 0.742. The van der Waals surface area contributed by atoms with Crippen molar-refractivity contribution in [1.29, 1.82) is 0 Å². The number of hydrogen-bond donors (Lipinski definition) is 1. The van der Waals surface area contributed by atoms with Crippen molar-refractivity contribution in [1.82, 2.24) is 10.2 Å². The van der Waals surface area contributed by atoms with Crippen molar-refractivity contribution in [2.75, 3.05) is 20.1 Å². The second-order valence-corrected chi connectivity index (χ2v) is 6.27. The minimum Gasteiger partial charge on any atom is -0.315 e. The number of piperidine rings is 1. The maximum atomic E-state index is 3.57. The molecule has 2 aliphatic rings. The van der Waals surface area contributed by atoms with Gasteiger partial charge in [-0.1, -0.05) is 20.3 Å². The van der Waals surface area contributed by atoms with Crippen LogP contribution >= 0.6 is 0 Å². The summed E-state index contributed by atoms with van der Waals surface area (Å²) in [4.78, 5) is 2.78.